The molecule has 1 saturated carbocycles. The number of carbonyl (C=O) groups excluding carboxylic acids is 1. The topological polar surface area (TPSA) is 81.1 Å². The molecule has 2 N–H and O–H groups in total. The number of hydrogen-bond acceptors (Lipinski definition) is 5. The van der Waals surface area contributed by atoms with E-state index in [9.17, 15) is 9.18 Å². The summed E-state index contributed by atoms with van der Waals surface area (Å²) in [6, 6.07) is 4.36. The zero-order chi connectivity index (χ0) is 17.9. The van der Waals surface area contributed by atoms with Gasteiger partial charge in [-0.25, -0.2) is 9.07 Å². The molecule has 0 spiro atoms. The molecule has 2 heterocycles. The van der Waals surface area contributed by atoms with Gasteiger partial charge in [-0.2, -0.15) is 0 Å². The van der Waals surface area contributed by atoms with Crippen LogP contribution in [0.2, 0.25) is 0 Å². The molecule has 2 aromatic rings. The number of nitrogens with zero attached hydrogens (tertiary/aromatic N) is 3. The van der Waals surface area contributed by atoms with Gasteiger partial charge in [0.1, 0.15) is 11.6 Å². The molecule has 1 aromatic heterocycles. The zero-order valence-corrected chi connectivity index (χ0v) is 15.7. The highest BCUT2D eigenvalue weighted by Crippen LogP contribution is 2.32. The molecule has 0 unspecified atom stereocenters. The van der Waals surface area contributed by atoms with Crippen LogP contribution in [-0.4, -0.2) is 40.6 Å². The Morgan fingerprint density at radius 3 is 2.81 bits per heavy atom. The minimum absolute atomic E-state index is 0. The van der Waals surface area contributed by atoms with Gasteiger partial charge in [-0.15, -0.1) is 17.5 Å². The van der Waals surface area contributed by atoms with Crippen molar-refractivity contribution < 1.29 is 13.9 Å². The number of anilines is 1. The molecule has 146 valence electrons. The summed E-state index contributed by atoms with van der Waals surface area (Å²) in [5.41, 5.74) is 0.675. The number of ether oxygens (including phenoxy) is 1. The molecule has 1 amide bonds. The number of benzene rings is 1. The monoisotopic (exact) mass is 395 g/mol. The normalized spacial score (nSPS) is 17.2. The lowest BCUT2D eigenvalue weighted by atomic mass is 10.1. The summed E-state index contributed by atoms with van der Waals surface area (Å²) in [5, 5.41) is 14.1. The van der Waals surface area contributed by atoms with Crippen molar-refractivity contribution in [1.29, 1.82) is 0 Å². The molecular weight excluding hydrogens is 373 g/mol. The van der Waals surface area contributed by atoms with Crippen LogP contribution in [0.25, 0.3) is 0 Å². The van der Waals surface area contributed by atoms with E-state index in [0.717, 1.165) is 38.8 Å². The fourth-order valence-corrected chi connectivity index (χ4v) is 3.03. The van der Waals surface area contributed by atoms with Crippen molar-refractivity contribution in [2.75, 3.05) is 25.0 Å². The van der Waals surface area contributed by atoms with E-state index in [1.165, 1.54) is 18.2 Å². The standard InChI is InChI=1S/C18H22FN5O2.ClH/c19-13-3-4-15(17(9-13)26-11-12-1-2-12)21-18(25)16-10-24(23-22-16)14-5-7-20-8-6-14;/h3-4,9-10,12,14,20H,1-2,5-8,11H2,(H,21,25);1H. The summed E-state index contributed by atoms with van der Waals surface area (Å²) in [5.74, 6) is 0.0985. The molecule has 2 fully saturated rings. The van der Waals surface area contributed by atoms with Crippen LogP contribution in [0.1, 0.15) is 42.2 Å². The number of aromatic nitrogens is 3. The summed E-state index contributed by atoms with van der Waals surface area (Å²) < 4.78 is 21.0. The maximum Gasteiger partial charge on any atom is 0.277 e. The van der Waals surface area contributed by atoms with E-state index in [0.29, 0.717) is 24.0 Å². The van der Waals surface area contributed by atoms with Crippen LogP contribution in [0.3, 0.4) is 0 Å². The van der Waals surface area contributed by atoms with Gasteiger partial charge in [0.15, 0.2) is 5.69 Å². The number of nitrogens with one attached hydrogen (secondary N) is 2. The highest BCUT2D eigenvalue weighted by Gasteiger charge is 2.23. The van der Waals surface area contributed by atoms with Crippen LogP contribution in [0.15, 0.2) is 24.4 Å². The summed E-state index contributed by atoms with van der Waals surface area (Å²) in [4.78, 5) is 12.5. The van der Waals surface area contributed by atoms with Crippen LogP contribution in [0.4, 0.5) is 10.1 Å². The van der Waals surface area contributed by atoms with Crippen LogP contribution in [0, 0.1) is 11.7 Å². The third-order valence-electron chi connectivity index (χ3n) is 4.79. The van der Waals surface area contributed by atoms with Gasteiger partial charge >= 0.3 is 0 Å². The minimum atomic E-state index is -0.398. The van der Waals surface area contributed by atoms with E-state index in [1.54, 1.807) is 10.9 Å². The van der Waals surface area contributed by atoms with Crippen molar-refractivity contribution in [2.45, 2.75) is 31.7 Å². The van der Waals surface area contributed by atoms with E-state index in [2.05, 4.69) is 20.9 Å². The molecular formula is C18H23ClFN5O2. The molecule has 4 rings (SSSR count). The second-order valence-corrected chi connectivity index (χ2v) is 6.91. The fourth-order valence-electron chi connectivity index (χ4n) is 3.03. The largest absolute Gasteiger partial charge is 0.491 e. The van der Waals surface area contributed by atoms with E-state index in [4.69, 9.17) is 4.74 Å². The van der Waals surface area contributed by atoms with Crippen LogP contribution in [-0.2, 0) is 0 Å². The van der Waals surface area contributed by atoms with Gasteiger partial charge in [0.25, 0.3) is 5.91 Å². The highest BCUT2D eigenvalue weighted by molar-refractivity contribution is 6.03. The van der Waals surface area contributed by atoms with Crippen molar-refractivity contribution in [1.82, 2.24) is 20.3 Å². The molecule has 0 bridgehead atoms. The third kappa shape index (κ3) is 4.95. The molecule has 9 heteroatoms. The number of halogens is 2. The van der Waals surface area contributed by atoms with E-state index < -0.39 is 5.82 Å². The minimum Gasteiger partial charge on any atom is -0.491 e. The van der Waals surface area contributed by atoms with Crippen molar-refractivity contribution in [3.63, 3.8) is 0 Å². The second kappa shape index (κ2) is 8.67. The number of piperidine rings is 1. The Kier molecular flexibility index (Phi) is 6.28. The van der Waals surface area contributed by atoms with Gasteiger partial charge in [-0.05, 0) is 56.8 Å². The lowest BCUT2D eigenvalue weighted by molar-refractivity contribution is 0.102. The summed E-state index contributed by atoms with van der Waals surface area (Å²) >= 11 is 0. The number of carbonyl (C=O) groups is 1. The summed E-state index contributed by atoms with van der Waals surface area (Å²) in [7, 11) is 0. The SMILES string of the molecule is Cl.O=C(Nc1ccc(F)cc1OCC1CC1)c1cn(C2CCNCC2)nn1. The lowest BCUT2D eigenvalue weighted by Gasteiger charge is -2.22. The maximum absolute atomic E-state index is 13.5. The Labute approximate surface area is 163 Å². The average molecular weight is 396 g/mol. The average Bonchev–Trinajstić information content (AvgIpc) is 3.36. The van der Waals surface area contributed by atoms with E-state index in [1.807, 2.05) is 0 Å². The maximum atomic E-state index is 13.5. The van der Waals surface area contributed by atoms with Crippen molar-refractivity contribution >= 4 is 24.0 Å². The highest BCUT2D eigenvalue weighted by atomic mass is 35.5. The lowest BCUT2D eigenvalue weighted by Crippen LogP contribution is -2.29. The fraction of sp³-hybridized carbons (Fsp3) is 0.500. The first kappa shape index (κ1) is 19.6. The number of hydrogen-bond donors (Lipinski definition) is 2. The first-order valence-corrected chi connectivity index (χ1v) is 9.05. The second-order valence-electron chi connectivity index (χ2n) is 6.91. The molecule has 0 radical (unpaired) electrons. The molecule has 0 atom stereocenters. The van der Waals surface area contributed by atoms with Gasteiger partial charge in [0.2, 0.25) is 0 Å². The Bertz CT molecular complexity index is 790. The van der Waals surface area contributed by atoms with Gasteiger partial charge < -0.3 is 15.4 Å². The van der Waals surface area contributed by atoms with Crippen LogP contribution < -0.4 is 15.4 Å². The first-order valence-electron chi connectivity index (χ1n) is 9.05. The zero-order valence-electron chi connectivity index (χ0n) is 14.9. The Hall–Kier alpha value is -2.19. The quantitative estimate of drug-likeness (QED) is 0.786. The Morgan fingerprint density at radius 2 is 2.07 bits per heavy atom. The van der Waals surface area contributed by atoms with Gasteiger partial charge in [0.05, 0.1) is 24.5 Å². The van der Waals surface area contributed by atoms with Crippen molar-refractivity contribution in [2.24, 2.45) is 5.92 Å². The molecule has 1 saturated heterocycles. The van der Waals surface area contributed by atoms with E-state index in [-0.39, 0.29) is 30.0 Å². The molecule has 1 aliphatic carbocycles. The van der Waals surface area contributed by atoms with Crippen LogP contribution in [0.5, 0.6) is 5.75 Å². The summed E-state index contributed by atoms with van der Waals surface area (Å²) in [6.07, 6.45) is 5.86. The molecule has 1 aliphatic heterocycles. The van der Waals surface area contributed by atoms with E-state index >= 15 is 0 Å². The first-order chi connectivity index (χ1) is 12.7. The third-order valence-corrected chi connectivity index (χ3v) is 4.79. The van der Waals surface area contributed by atoms with Crippen molar-refractivity contribution in [3.05, 3.63) is 35.9 Å². The van der Waals surface area contributed by atoms with Gasteiger partial charge in [-0.1, -0.05) is 5.21 Å². The molecule has 1 aromatic carbocycles. The van der Waals surface area contributed by atoms with Gasteiger partial charge in [0, 0.05) is 6.07 Å². The van der Waals surface area contributed by atoms with Crippen molar-refractivity contribution in [3.8, 4) is 5.75 Å². The predicted molar refractivity (Wildman–Crippen MR) is 101 cm³/mol. The molecule has 2 aliphatic rings. The molecule has 27 heavy (non-hydrogen) atoms. The number of rotatable bonds is 6. The Balaban J connectivity index is 0.00000210. The predicted octanol–water partition coefficient (Wildman–Crippen LogP) is 2.80. The Morgan fingerprint density at radius 1 is 1.30 bits per heavy atom. The smallest absolute Gasteiger partial charge is 0.277 e. The molecule has 7 nitrogen and oxygen atoms in total. The van der Waals surface area contributed by atoms with Gasteiger partial charge in [-0.3, -0.25) is 4.79 Å². The number of amides is 1. The van der Waals surface area contributed by atoms with Crippen LogP contribution >= 0.6 is 12.4 Å². The summed E-state index contributed by atoms with van der Waals surface area (Å²) in [6.45, 7) is 2.41.